The van der Waals surface area contributed by atoms with Crippen LogP contribution in [0.5, 0.6) is 0 Å². The third-order valence-electron chi connectivity index (χ3n) is 1.34. The number of hydrogen-bond donors (Lipinski definition) is 0. The lowest BCUT2D eigenvalue weighted by atomic mass is 10.2. The van der Waals surface area contributed by atoms with Crippen LogP contribution in [-0.2, 0) is 0 Å². The van der Waals surface area contributed by atoms with Gasteiger partial charge in [-0.25, -0.2) is 0 Å². The molecule has 3 heteroatoms. The number of benzene rings is 1. The molecular weight excluding hydrogens is 175 g/mol. The fourth-order valence-electron chi connectivity index (χ4n) is 0.834. The van der Waals surface area contributed by atoms with Crippen LogP contribution < -0.4 is 0 Å². The van der Waals surface area contributed by atoms with Crippen LogP contribution in [0.15, 0.2) is 29.2 Å². The fraction of sp³-hybridized carbons (Fsp3) is 0.222. The van der Waals surface area contributed by atoms with Crippen molar-refractivity contribution in [2.75, 3.05) is 12.4 Å². The van der Waals surface area contributed by atoms with Crippen LogP contribution in [0, 0.1) is 0 Å². The first-order chi connectivity index (χ1) is 5.86. The number of carbonyl (C=O) groups is 1. The molecule has 0 atom stereocenters. The average molecular weight is 184 g/mol. The predicted octanol–water partition coefficient (Wildman–Crippen LogP) is 2.56. The zero-order chi connectivity index (χ0) is 8.81. The van der Waals surface area contributed by atoms with Gasteiger partial charge in [0.2, 0.25) is 0 Å². The highest BCUT2D eigenvalue weighted by atomic mass is 32.2. The van der Waals surface area contributed by atoms with Crippen molar-refractivity contribution in [1.29, 1.82) is 0 Å². The summed E-state index contributed by atoms with van der Waals surface area (Å²) in [6, 6.07) is 7.15. The van der Waals surface area contributed by atoms with Gasteiger partial charge in [0.15, 0.2) is 0 Å². The second-order valence-electron chi connectivity index (χ2n) is 2.23. The minimum atomic E-state index is -0.337. The lowest BCUT2D eigenvalue weighted by Gasteiger charge is -1.98. The maximum absolute atomic E-state index is 11.8. The molecule has 0 aliphatic heterocycles. The first kappa shape index (κ1) is 9.26. The molecule has 0 aliphatic rings. The molecule has 1 aromatic carbocycles. The fourth-order valence-corrected chi connectivity index (χ4v) is 1.54. The smallest absolute Gasteiger partial charge is 0.150 e. The van der Waals surface area contributed by atoms with E-state index in [4.69, 9.17) is 0 Å². The number of thioether (sulfide) groups is 1. The van der Waals surface area contributed by atoms with Gasteiger partial charge in [-0.2, -0.15) is 0 Å². The van der Waals surface area contributed by atoms with Gasteiger partial charge in [0.25, 0.3) is 0 Å². The third kappa shape index (κ3) is 2.66. The van der Waals surface area contributed by atoms with E-state index in [-0.39, 0.29) is 6.67 Å². The molecule has 0 saturated heterocycles. The van der Waals surface area contributed by atoms with E-state index in [0.717, 1.165) is 11.2 Å². The average Bonchev–Trinajstić information content (AvgIpc) is 2.15. The van der Waals surface area contributed by atoms with Crippen molar-refractivity contribution in [2.45, 2.75) is 4.90 Å². The van der Waals surface area contributed by atoms with Crippen molar-refractivity contribution in [1.82, 2.24) is 0 Å². The minimum Gasteiger partial charge on any atom is -0.298 e. The standard InChI is InChI=1S/C9H9FOS/c10-4-5-12-9-3-1-2-8(6-9)7-11/h1-3,6-7H,4-5H2. The summed E-state index contributed by atoms with van der Waals surface area (Å²) in [4.78, 5) is 11.3. The zero-order valence-corrected chi connectivity index (χ0v) is 7.31. The summed E-state index contributed by atoms with van der Waals surface area (Å²) in [5.74, 6) is 0.447. The van der Waals surface area contributed by atoms with E-state index in [1.54, 1.807) is 18.2 Å². The summed E-state index contributed by atoms with van der Waals surface area (Å²) in [6.07, 6.45) is 0.791. The highest BCUT2D eigenvalue weighted by Gasteiger charge is 1.94. The van der Waals surface area contributed by atoms with Crippen molar-refractivity contribution in [2.24, 2.45) is 0 Å². The van der Waals surface area contributed by atoms with E-state index in [1.165, 1.54) is 11.8 Å². The van der Waals surface area contributed by atoms with Crippen molar-refractivity contribution in [3.05, 3.63) is 29.8 Å². The quantitative estimate of drug-likeness (QED) is 0.528. The summed E-state index contributed by atoms with van der Waals surface area (Å²) < 4.78 is 11.8. The SMILES string of the molecule is O=Cc1cccc(SCCF)c1. The Hall–Kier alpha value is -0.830. The largest absolute Gasteiger partial charge is 0.298 e. The Labute approximate surface area is 75.0 Å². The number of carbonyl (C=O) groups excluding carboxylic acids is 1. The van der Waals surface area contributed by atoms with Crippen LogP contribution in [0.1, 0.15) is 10.4 Å². The van der Waals surface area contributed by atoms with Crippen molar-refractivity contribution in [3.63, 3.8) is 0 Å². The summed E-state index contributed by atoms with van der Waals surface area (Å²) in [5, 5.41) is 0. The molecule has 1 aromatic rings. The molecule has 0 saturated carbocycles. The van der Waals surface area contributed by atoms with E-state index in [9.17, 15) is 9.18 Å². The van der Waals surface area contributed by atoms with Gasteiger partial charge in [-0.15, -0.1) is 11.8 Å². The summed E-state index contributed by atoms with van der Waals surface area (Å²) in [7, 11) is 0. The van der Waals surface area contributed by atoms with Crippen LogP contribution >= 0.6 is 11.8 Å². The van der Waals surface area contributed by atoms with Crippen molar-refractivity contribution < 1.29 is 9.18 Å². The first-order valence-corrected chi connectivity index (χ1v) is 4.59. The molecule has 0 amide bonds. The Bertz CT molecular complexity index is 262. The number of hydrogen-bond acceptors (Lipinski definition) is 2. The molecule has 0 spiro atoms. The highest BCUT2D eigenvalue weighted by Crippen LogP contribution is 2.17. The molecular formula is C9H9FOS. The Kier molecular flexibility index (Phi) is 3.80. The molecule has 1 nitrogen and oxygen atoms in total. The Morgan fingerprint density at radius 1 is 1.50 bits per heavy atom. The molecule has 0 aromatic heterocycles. The van der Waals surface area contributed by atoms with Gasteiger partial charge in [-0.3, -0.25) is 9.18 Å². The van der Waals surface area contributed by atoms with Gasteiger partial charge in [0.1, 0.15) is 6.29 Å². The molecule has 0 bridgehead atoms. The molecule has 12 heavy (non-hydrogen) atoms. The summed E-state index contributed by atoms with van der Waals surface area (Å²) >= 11 is 1.42. The number of alkyl halides is 1. The molecule has 0 N–H and O–H groups in total. The van der Waals surface area contributed by atoms with Crippen LogP contribution in [-0.4, -0.2) is 18.7 Å². The van der Waals surface area contributed by atoms with E-state index < -0.39 is 0 Å². The predicted molar refractivity (Wildman–Crippen MR) is 48.5 cm³/mol. The van der Waals surface area contributed by atoms with Crippen LogP contribution in [0.2, 0.25) is 0 Å². The van der Waals surface area contributed by atoms with Gasteiger partial charge in [0, 0.05) is 16.2 Å². The van der Waals surface area contributed by atoms with E-state index >= 15 is 0 Å². The zero-order valence-electron chi connectivity index (χ0n) is 6.50. The minimum absolute atomic E-state index is 0.337. The molecule has 0 unspecified atom stereocenters. The highest BCUT2D eigenvalue weighted by molar-refractivity contribution is 7.99. The van der Waals surface area contributed by atoms with Gasteiger partial charge < -0.3 is 0 Å². The van der Waals surface area contributed by atoms with Gasteiger partial charge in [-0.05, 0) is 12.1 Å². The summed E-state index contributed by atoms with van der Waals surface area (Å²) in [6.45, 7) is -0.337. The molecule has 0 heterocycles. The number of halogens is 1. The second kappa shape index (κ2) is 4.93. The Balaban J connectivity index is 2.66. The van der Waals surface area contributed by atoms with Crippen LogP contribution in [0.25, 0.3) is 0 Å². The van der Waals surface area contributed by atoms with Gasteiger partial charge in [-0.1, -0.05) is 12.1 Å². The lowest BCUT2D eigenvalue weighted by Crippen LogP contribution is -1.83. The molecule has 0 aliphatic carbocycles. The number of aldehydes is 1. The Morgan fingerprint density at radius 3 is 3.00 bits per heavy atom. The third-order valence-corrected chi connectivity index (χ3v) is 2.29. The normalized spacial score (nSPS) is 9.75. The van der Waals surface area contributed by atoms with E-state index in [0.29, 0.717) is 11.3 Å². The monoisotopic (exact) mass is 184 g/mol. The van der Waals surface area contributed by atoms with Gasteiger partial charge >= 0.3 is 0 Å². The second-order valence-corrected chi connectivity index (χ2v) is 3.40. The Morgan fingerprint density at radius 2 is 2.33 bits per heavy atom. The maximum atomic E-state index is 11.8. The van der Waals surface area contributed by atoms with E-state index in [1.807, 2.05) is 6.07 Å². The topological polar surface area (TPSA) is 17.1 Å². The van der Waals surface area contributed by atoms with E-state index in [2.05, 4.69) is 0 Å². The molecule has 0 radical (unpaired) electrons. The van der Waals surface area contributed by atoms with Crippen LogP contribution in [0.4, 0.5) is 4.39 Å². The number of rotatable bonds is 4. The lowest BCUT2D eigenvalue weighted by molar-refractivity contribution is 0.112. The molecule has 64 valence electrons. The van der Waals surface area contributed by atoms with Crippen molar-refractivity contribution >= 4 is 18.0 Å². The molecule has 0 fully saturated rings. The van der Waals surface area contributed by atoms with Crippen molar-refractivity contribution in [3.8, 4) is 0 Å². The molecule has 1 rings (SSSR count). The van der Waals surface area contributed by atoms with Gasteiger partial charge in [0.05, 0.1) is 6.67 Å². The summed E-state index contributed by atoms with van der Waals surface area (Å²) in [5.41, 5.74) is 0.638. The van der Waals surface area contributed by atoms with Crippen LogP contribution in [0.3, 0.4) is 0 Å². The first-order valence-electron chi connectivity index (χ1n) is 3.61. The maximum Gasteiger partial charge on any atom is 0.150 e.